The molecule has 0 atom stereocenters. The summed E-state index contributed by atoms with van der Waals surface area (Å²) in [5, 5.41) is 2.38. The minimum Gasteiger partial charge on any atom is -0.155 e. The van der Waals surface area contributed by atoms with Crippen LogP contribution in [0.15, 0.2) is 6.08 Å². The van der Waals surface area contributed by atoms with E-state index in [0.29, 0.717) is 16.3 Å². The summed E-state index contributed by atoms with van der Waals surface area (Å²) in [6, 6.07) is 0. The summed E-state index contributed by atoms with van der Waals surface area (Å²) in [6.45, 7) is -0.0891. The molecule has 0 aromatic rings. The molecule has 5 heteroatoms. The van der Waals surface area contributed by atoms with Gasteiger partial charge < -0.3 is 0 Å². The monoisotopic (exact) mass is 154 g/mol. The SMILES string of the molecule is FC(F)(F)N1CC=[C]S1. The summed E-state index contributed by atoms with van der Waals surface area (Å²) in [7, 11) is 0. The van der Waals surface area contributed by atoms with Crippen molar-refractivity contribution in [1.82, 2.24) is 4.31 Å². The Bertz CT molecular complexity index is 122. The van der Waals surface area contributed by atoms with Gasteiger partial charge in [-0.3, -0.25) is 0 Å². The molecule has 0 aliphatic carbocycles. The zero-order valence-electron chi connectivity index (χ0n) is 4.27. The molecule has 1 aliphatic heterocycles. The molecular weight excluding hydrogens is 151 g/mol. The predicted octanol–water partition coefficient (Wildman–Crippen LogP) is 1.79. The summed E-state index contributed by atoms with van der Waals surface area (Å²) in [4.78, 5) is 0. The van der Waals surface area contributed by atoms with E-state index in [4.69, 9.17) is 0 Å². The first-order chi connectivity index (χ1) is 4.11. The molecule has 0 bridgehead atoms. The van der Waals surface area contributed by atoms with Crippen LogP contribution in [-0.2, 0) is 0 Å². The second-order valence-corrected chi connectivity index (χ2v) is 2.30. The number of nitrogens with zero attached hydrogens (tertiary/aromatic N) is 1. The van der Waals surface area contributed by atoms with Crippen molar-refractivity contribution in [2.45, 2.75) is 6.30 Å². The van der Waals surface area contributed by atoms with Crippen LogP contribution in [0.2, 0.25) is 0 Å². The van der Waals surface area contributed by atoms with E-state index >= 15 is 0 Å². The first-order valence-corrected chi connectivity index (χ1v) is 2.96. The molecule has 51 valence electrons. The quantitative estimate of drug-likeness (QED) is 0.386. The highest BCUT2D eigenvalue weighted by Gasteiger charge is 2.38. The molecule has 0 spiro atoms. The third-order valence-corrected chi connectivity index (χ3v) is 1.63. The molecule has 0 saturated heterocycles. The summed E-state index contributed by atoms with van der Waals surface area (Å²) < 4.78 is 35.1. The van der Waals surface area contributed by atoms with Crippen LogP contribution in [0.25, 0.3) is 0 Å². The van der Waals surface area contributed by atoms with Crippen molar-refractivity contribution in [2.24, 2.45) is 0 Å². The number of hydrogen-bond donors (Lipinski definition) is 0. The molecule has 0 saturated carbocycles. The number of alkyl halides is 3. The summed E-state index contributed by atoms with van der Waals surface area (Å²) in [5.41, 5.74) is 0. The van der Waals surface area contributed by atoms with Crippen LogP contribution in [0.1, 0.15) is 0 Å². The topological polar surface area (TPSA) is 3.24 Å². The van der Waals surface area contributed by atoms with Gasteiger partial charge in [-0.1, -0.05) is 6.08 Å². The fourth-order valence-electron chi connectivity index (χ4n) is 0.414. The Morgan fingerprint density at radius 1 is 1.56 bits per heavy atom. The van der Waals surface area contributed by atoms with Gasteiger partial charge in [0.2, 0.25) is 0 Å². The standard InChI is InChI=1S/C4H3F3NS/c5-4(6,7)8-2-1-3-9-8/h1H,2H2. The van der Waals surface area contributed by atoms with Gasteiger partial charge in [0.1, 0.15) is 0 Å². The lowest BCUT2D eigenvalue weighted by molar-refractivity contribution is -0.202. The molecule has 0 aromatic carbocycles. The molecule has 0 N–H and O–H groups in total. The van der Waals surface area contributed by atoms with Crippen LogP contribution >= 0.6 is 11.9 Å². The lowest BCUT2D eigenvalue weighted by Crippen LogP contribution is -2.29. The largest absolute Gasteiger partial charge is 0.470 e. The van der Waals surface area contributed by atoms with E-state index in [1.54, 1.807) is 0 Å². The minimum atomic E-state index is -4.22. The van der Waals surface area contributed by atoms with Crippen molar-refractivity contribution >= 4 is 11.9 Å². The van der Waals surface area contributed by atoms with Crippen LogP contribution in [0, 0.1) is 5.41 Å². The molecular formula is C4H3F3NS. The Labute approximate surface area is 54.7 Å². The maximum Gasteiger partial charge on any atom is 0.470 e. The fourth-order valence-corrected chi connectivity index (χ4v) is 0.942. The predicted molar refractivity (Wildman–Crippen MR) is 28.2 cm³/mol. The van der Waals surface area contributed by atoms with Gasteiger partial charge in [-0.2, -0.15) is 17.5 Å². The third-order valence-electron chi connectivity index (χ3n) is 0.786. The maximum atomic E-state index is 11.6. The van der Waals surface area contributed by atoms with Crippen molar-refractivity contribution < 1.29 is 13.2 Å². The normalized spacial score (nSPS) is 21.2. The average molecular weight is 154 g/mol. The van der Waals surface area contributed by atoms with E-state index in [0.717, 1.165) is 0 Å². The fraction of sp³-hybridized carbons (Fsp3) is 0.500. The molecule has 1 radical (unpaired) electrons. The molecule has 0 amide bonds. The Morgan fingerprint density at radius 3 is 2.44 bits per heavy atom. The van der Waals surface area contributed by atoms with Gasteiger partial charge >= 0.3 is 6.30 Å². The van der Waals surface area contributed by atoms with Crippen LogP contribution in [0.3, 0.4) is 0 Å². The molecule has 0 unspecified atom stereocenters. The van der Waals surface area contributed by atoms with Crippen LogP contribution < -0.4 is 0 Å². The lowest BCUT2D eigenvalue weighted by atomic mass is 10.6. The number of rotatable bonds is 0. The molecule has 1 heterocycles. The van der Waals surface area contributed by atoms with Gasteiger partial charge in [0, 0.05) is 12.0 Å². The van der Waals surface area contributed by atoms with E-state index in [2.05, 4.69) is 5.41 Å². The van der Waals surface area contributed by atoms with Crippen LogP contribution in [0.5, 0.6) is 0 Å². The molecule has 1 nitrogen and oxygen atoms in total. The Kier molecular flexibility index (Phi) is 1.72. The van der Waals surface area contributed by atoms with E-state index in [1.165, 1.54) is 6.08 Å². The zero-order valence-corrected chi connectivity index (χ0v) is 5.09. The van der Waals surface area contributed by atoms with Gasteiger partial charge in [0.25, 0.3) is 0 Å². The molecule has 1 rings (SSSR count). The minimum absolute atomic E-state index is 0.0891. The van der Waals surface area contributed by atoms with Gasteiger partial charge in [0.15, 0.2) is 0 Å². The van der Waals surface area contributed by atoms with Gasteiger partial charge in [-0.25, -0.2) is 0 Å². The molecule has 9 heavy (non-hydrogen) atoms. The van der Waals surface area contributed by atoms with Crippen molar-refractivity contribution in [1.29, 1.82) is 0 Å². The zero-order chi connectivity index (χ0) is 6.91. The van der Waals surface area contributed by atoms with Crippen molar-refractivity contribution in [2.75, 3.05) is 6.54 Å². The highest BCUT2D eigenvalue weighted by atomic mass is 32.2. The summed E-state index contributed by atoms with van der Waals surface area (Å²) >= 11 is 0.552. The van der Waals surface area contributed by atoms with Crippen molar-refractivity contribution in [3.8, 4) is 0 Å². The average Bonchev–Trinajstić information content (AvgIpc) is 2.08. The van der Waals surface area contributed by atoms with E-state index in [1.807, 2.05) is 0 Å². The van der Waals surface area contributed by atoms with Crippen LogP contribution in [0.4, 0.5) is 13.2 Å². The lowest BCUT2D eigenvalue weighted by Gasteiger charge is -2.15. The number of halogens is 3. The van der Waals surface area contributed by atoms with Crippen LogP contribution in [-0.4, -0.2) is 17.2 Å². The highest BCUT2D eigenvalue weighted by molar-refractivity contribution is 7.98. The smallest absolute Gasteiger partial charge is 0.155 e. The van der Waals surface area contributed by atoms with Gasteiger partial charge in [-0.05, 0) is 11.9 Å². The maximum absolute atomic E-state index is 11.6. The number of hydrogen-bond acceptors (Lipinski definition) is 2. The molecule has 0 aromatic heterocycles. The summed E-state index contributed by atoms with van der Waals surface area (Å²) in [5.74, 6) is 0. The Hall–Kier alpha value is -0.160. The molecule has 0 fully saturated rings. The highest BCUT2D eigenvalue weighted by Crippen LogP contribution is 2.31. The second kappa shape index (κ2) is 2.22. The first kappa shape index (κ1) is 6.95. The Balaban J connectivity index is 2.46. The van der Waals surface area contributed by atoms with Crippen molar-refractivity contribution in [3.63, 3.8) is 0 Å². The van der Waals surface area contributed by atoms with E-state index in [9.17, 15) is 13.2 Å². The van der Waals surface area contributed by atoms with Gasteiger partial charge in [0.05, 0.1) is 0 Å². The summed E-state index contributed by atoms with van der Waals surface area (Å²) in [6.07, 6.45) is -2.87. The second-order valence-electron chi connectivity index (χ2n) is 1.44. The molecule has 1 aliphatic rings. The van der Waals surface area contributed by atoms with E-state index in [-0.39, 0.29) is 6.54 Å². The Morgan fingerprint density at radius 2 is 2.22 bits per heavy atom. The first-order valence-electron chi connectivity index (χ1n) is 2.19. The van der Waals surface area contributed by atoms with Gasteiger partial charge in [-0.15, -0.1) is 0 Å². The van der Waals surface area contributed by atoms with E-state index < -0.39 is 6.30 Å². The van der Waals surface area contributed by atoms with Crippen molar-refractivity contribution in [3.05, 3.63) is 11.5 Å². The third kappa shape index (κ3) is 1.62.